The van der Waals surface area contributed by atoms with Gasteiger partial charge in [0.25, 0.3) is 5.56 Å². The fourth-order valence-electron chi connectivity index (χ4n) is 3.73. The molecular formula is C21H23N3O3. The number of aromatic nitrogens is 2. The number of ether oxygens (including phenoxy) is 2. The zero-order valence-electron chi connectivity index (χ0n) is 15.8. The molecule has 140 valence electrons. The van der Waals surface area contributed by atoms with Crippen LogP contribution >= 0.6 is 0 Å². The molecule has 1 aromatic heterocycles. The summed E-state index contributed by atoms with van der Waals surface area (Å²) in [5.41, 5.74) is 3.18. The minimum absolute atomic E-state index is 0.166. The Labute approximate surface area is 157 Å². The molecule has 0 aliphatic carbocycles. The van der Waals surface area contributed by atoms with Crippen LogP contribution in [-0.4, -0.2) is 35.1 Å². The van der Waals surface area contributed by atoms with E-state index in [0.717, 1.165) is 13.0 Å². The maximum Gasteiger partial charge on any atom is 0.258 e. The molecule has 0 spiro atoms. The van der Waals surface area contributed by atoms with Gasteiger partial charge < -0.3 is 14.5 Å². The third-order valence-electron chi connectivity index (χ3n) is 5.24. The third-order valence-corrected chi connectivity index (χ3v) is 5.24. The van der Waals surface area contributed by atoms with Crippen molar-refractivity contribution in [3.63, 3.8) is 0 Å². The van der Waals surface area contributed by atoms with Crippen LogP contribution in [0, 0.1) is 0 Å². The minimum Gasteiger partial charge on any atom is -0.493 e. The molecule has 2 aromatic carbocycles. The lowest BCUT2D eigenvalue weighted by Crippen LogP contribution is -2.38. The van der Waals surface area contributed by atoms with Gasteiger partial charge in [0.05, 0.1) is 31.7 Å². The highest BCUT2D eigenvalue weighted by Crippen LogP contribution is 2.30. The number of hydrogen-bond donors (Lipinski definition) is 1. The van der Waals surface area contributed by atoms with Crippen molar-refractivity contribution >= 4 is 10.9 Å². The van der Waals surface area contributed by atoms with E-state index in [-0.39, 0.29) is 5.56 Å². The van der Waals surface area contributed by atoms with Crippen molar-refractivity contribution < 1.29 is 9.47 Å². The van der Waals surface area contributed by atoms with Crippen LogP contribution in [0.25, 0.3) is 10.9 Å². The summed E-state index contributed by atoms with van der Waals surface area (Å²) < 4.78 is 10.6. The Morgan fingerprint density at radius 3 is 2.59 bits per heavy atom. The van der Waals surface area contributed by atoms with Gasteiger partial charge in [-0.3, -0.25) is 9.69 Å². The Hall–Kier alpha value is -2.86. The molecule has 2 heterocycles. The Kier molecular flexibility index (Phi) is 4.58. The number of nitrogens with zero attached hydrogens (tertiary/aromatic N) is 2. The van der Waals surface area contributed by atoms with E-state index in [2.05, 4.69) is 46.1 Å². The Morgan fingerprint density at radius 2 is 1.85 bits per heavy atom. The molecule has 1 aliphatic heterocycles. The van der Waals surface area contributed by atoms with E-state index in [0.29, 0.717) is 40.8 Å². The standard InChI is InChI=1S/C21H23N3O3/c1-13-8-14-6-4-5-7-15(14)11-24(13)12-20-22-17-10-19(27-3)18(26-2)9-16(17)21(25)23-20/h4-7,9-10,13H,8,11-12H2,1-3H3,(H,22,23,25). The van der Waals surface area contributed by atoms with Crippen molar-refractivity contribution in [3.05, 3.63) is 63.7 Å². The first-order valence-corrected chi connectivity index (χ1v) is 9.05. The van der Waals surface area contributed by atoms with E-state index >= 15 is 0 Å². The molecule has 1 aliphatic rings. The lowest BCUT2D eigenvalue weighted by Gasteiger charge is -2.34. The topological polar surface area (TPSA) is 67.5 Å². The molecule has 0 bridgehead atoms. The van der Waals surface area contributed by atoms with E-state index in [4.69, 9.17) is 9.47 Å². The number of nitrogens with one attached hydrogen (secondary N) is 1. The Balaban J connectivity index is 1.67. The van der Waals surface area contributed by atoms with Crippen LogP contribution in [-0.2, 0) is 19.5 Å². The van der Waals surface area contributed by atoms with Gasteiger partial charge in [-0.25, -0.2) is 4.98 Å². The van der Waals surface area contributed by atoms with Gasteiger partial charge in [-0.05, 0) is 30.5 Å². The molecular weight excluding hydrogens is 342 g/mol. The van der Waals surface area contributed by atoms with Gasteiger partial charge in [-0.2, -0.15) is 0 Å². The molecule has 6 nitrogen and oxygen atoms in total. The van der Waals surface area contributed by atoms with Crippen LogP contribution in [0.15, 0.2) is 41.2 Å². The SMILES string of the molecule is COc1cc2nc(CN3Cc4ccccc4CC3C)[nH]c(=O)c2cc1OC. The predicted molar refractivity (Wildman–Crippen MR) is 104 cm³/mol. The molecule has 3 aromatic rings. The maximum absolute atomic E-state index is 12.6. The lowest BCUT2D eigenvalue weighted by atomic mass is 9.95. The first-order valence-electron chi connectivity index (χ1n) is 9.05. The maximum atomic E-state index is 12.6. The molecule has 0 radical (unpaired) electrons. The highest BCUT2D eigenvalue weighted by molar-refractivity contribution is 5.81. The summed E-state index contributed by atoms with van der Waals surface area (Å²) in [7, 11) is 3.12. The highest BCUT2D eigenvalue weighted by Gasteiger charge is 2.23. The Bertz CT molecular complexity index is 1040. The first-order chi connectivity index (χ1) is 13.1. The van der Waals surface area contributed by atoms with Crippen molar-refractivity contribution in [2.75, 3.05) is 14.2 Å². The molecule has 1 unspecified atom stereocenters. The highest BCUT2D eigenvalue weighted by atomic mass is 16.5. The molecule has 27 heavy (non-hydrogen) atoms. The van der Waals surface area contributed by atoms with E-state index < -0.39 is 0 Å². The Morgan fingerprint density at radius 1 is 1.15 bits per heavy atom. The molecule has 4 rings (SSSR count). The average Bonchev–Trinajstić information content (AvgIpc) is 2.67. The molecule has 1 N–H and O–H groups in total. The summed E-state index contributed by atoms with van der Waals surface area (Å²) in [5, 5.41) is 0.494. The zero-order valence-corrected chi connectivity index (χ0v) is 15.8. The van der Waals surface area contributed by atoms with Crippen LogP contribution in [0.2, 0.25) is 0 Å². The average molecular weight is 365 g/mol. The monoisotopic (exact) mass is 365 g/mol. The van der Waals surface area contributed by atoms with Gasteiger partial charge in [-0.15, -0.1) is 0 Å². The van der Waals surface area contributed by atoms with Crippen LogP contribution in [0.5, 0.6) is 11.5 Å². The minimum atomic E-state index is -0.166. The largest absolute Gasteiger partial charge is 0.493 e. The molecule has 6 heteroatoms. The zero-order chi connectivity index (χ0) is 19.0. The second kappa shape index (κ2) is 7.04. The summed E-state index contributed by atoms with van der Waals surface area (Å²) in [4.78, 5) is 22.5. The molecule has 0 amide bonds. The fraction of sp³-hybridized carbons (Fsp3) is 0.333. The van der Waals surface area contributed by atoms with Crippen molar-refractivity contribution in [2.45, 2.75) is 32.5 Å². The van der Waals surface area contributed by atoms with Gasteiger partial charge in [0, 0.05) is 18.7 Å². The van der Waals surface area contributed by atoms with Gasteiger partial charge in [0.2, 0.25) is 0 Å². The number of rotatable bonds is 4. The van der Waals surface area contributed by atoms with Gasteiger partial charge >= 0.3 is 0 Å². The summed E-state index contributed by atoms with van der Waals surface area (Å²) in [6.45, 7) is 3.66. The van der Waals surface area contributed by atoms with E-state index in [1.54, 1.807) is 26.4 Å². The second-order valence-corrected chi connectivity index (χ2v) is 6.96. The first kappa shape index (κ1) is 17.5. The fourth-order valence-corrected chi connectivity index (χ4v) is 3.73. The smallest absolute Gasteiger partial charge is 0.258 e. The quantitative estimate of drug-likeness (QED) is 0.770. The van der Waals surface area contributed by atoms with Gasteiger partial charge in [0.15, 0.2) is 11.5 Å². The number of fused-ring (bicyclic) bond motifs is 2. The van der Waals surface area contributed by atoms with Gasteiger partial charge in [-0.1, -0.05) is 24.3 Å². The van der Waals surface area contributed by atoms with Crippen LogP contribution in [0.1, 0.15) is 23.9 Å². The summed E-state index contributed by atoms with van der Waals surface area (Å²) in [6.07, 6.45) is 0.999. The normalized spacial score (nSPS) is 16.9. The van der Waals surface area contributed by atoms with E-state index in [1.165, 1.54) is 11.1 Å². The summed E-state index contributed by atoms with van der Waals surface area (Å²) in [5.74, 6) is 1.74. The van der Waals surface area contributed by atoms with Crippen molar-refractivity contribution in [2.24, 2.45) is 0 Å². The molecule has 1 atom stereocenters. The summed E-state index contributed by atoms with van der Waals surface area (Å²) in [6, 6.07) is 12.3. The number of aromatic amines is 1. The van der Waals surface area contributed by atoms with Crippen molar-refractivity contribution in [1.82, 2.24) is 14.9 Å². The lowest BCUT2D eigenvalue weighted by molar-refractivity contribution is 0.171. The molecule has 0 saturated heterocycles. The number of H-pyrrole nitrogens is 1. The number of benzene rings is 2. The van der Waals surface area contributed by atoms with E-state index in [1.807, 2.05) is 0 Å². The van der Waals surface area contributed by atoms with Crippen molar-refractivity contribution in [1.29, 1.82) is 0 Å². The second-order valence-electron chi connectivity index (χ2n) is 6.96. The molecule has 0 saturated carbocycles. The van der Waals surface area contributed by atoms with Crippen molar-refractivity contribution in [3.8, 4) is 11.5 Å². The summed E-state index contributed by atoms with van der Waals surface area (Å²) >= 11 is 0. The number of methoxy groups -OCH3 is 2. The number of hydrogen-bond acceptors (Lipinski definition) is 5. The van der Waals surface area contributed by atoms with Gasteiger partial charge in [0.1, 0.15) is 5.82 Å². The third kappa shape index (κ3) is 3.28. The predicted octanol–water partition coefficient (Wildman–Crippen LogP) is 2.89. The van der Waals surface area contributed by atoms with Crippen LogP contribution < -0.4 is 15.0 Å². The van der Waals surface area contributed by atoms with E-state index in [9.17, 15) is 4.79 Å². The van der Waals surface area contributed by atoms with Crippen LogP contribution in [0.4, 0.5) is 0 Å². The molecule has 0 fully saturated rings. The van der Waals surface area contributed by atoms with Crippen LogP contribution in [0.3, 0.4) is 0 Å².